The van der Waals surface area contributed by atoms with Crippen LogP contribution in [0.5, 0.6) is 0 Å². The van der Waals surface area contributed by atoms with Crippen molar-refractivity contribution in [3.8, 4) is 0 Å². The van der Waals surface area contributed by atoms with Gasteiger partial charge in [0.05, 0.1) is 22.6 Å². The molecule has 272 valence electrons. The molecule has 5 heterocycles. The minimum atomic E-state index is -2.77. The standard InChI is InChI=1S/C36H43F2N7O6/c37-36(38,23-41-17-19-43(20-18-41)26-1-3-27(4-2-26)45(50)51)25-11-13-40(14-12-25)22-24-9-15-42(16-10-24)28-5-6-29-30(21-28)35(49)44(34(29)48)31-7-8-32(46)39-33(31)47/h1-6,21,24-25,31H,7-20,22-23H2,(H,39,46,47). The summed E-state index contributed by atoms with van der Waals surface area (Å²) in [4.78, 5) is 70.2. The van der Waals surface area contributed by atoms with Gasteiger partial charge in [-0.2, -0.15) is 0 Å². The number of likely N-dealkylation sites (tertiary alicyclic amines) is 1. The minimum absolute atomic E-state index is 0.0307. The van der Waals surface area contributed by atoms with E-state index in [1.807, 2.05) is 11.0 Å². The Morgan fingerprint density at radius 1 is 0.745 bits per heavy atom. The van der Waals surface area contributed by atoms with Crippen LogP contribution in [-0.2, 0) is 9.59 Å². The van der Waals surface area contributed by atoms with Crippen molar-refractivity contribution in [1.29, 1.82) is 0 Å². The smallest absolute Gasteiger partial charge is 0.269 e. The van der Waals surface area contributed by atoms with E-state index >= 15 is 8.78 Å². The zero-order valence-corrected chi connectivity index (χ0v) is 28.5. The van der Waals surface area contributed by atoms with Gasteiger partial charge in [-0.15, -0.1) is 0 Å². The number of carbonyl (C=O) groups excluding carboxylic acids is 4. The second-order valence-corrected chi connectivity index (χ2v) is 14.5. The maximum atomic E-state index is 15.5. The largest absolute Gasteiger partial charge is 0.371 e. The molecule has 1 atom stereocenters. The van der Waals surface area contributed by atoms with E-state index < -0.39 is 46.4 Å². The number of nitro benzene ring substituents is 1. The lowest BCUT2D eigenvalue weighted by Gasteiger charge is -2.42. The van der Waals surface area contributed by atoms with E-state index in [4.69, 9.17) is 0 Å². The van der Waals surface area contributed by atoms with E-state index in [9.17, 15) is 29.3 Å². The van der Waals surface area contributed by atoms with Gasteiger partial charge in [0.15, 0.2) is 0 Å². The van der Waals surface area contributed by atoms with Crippen LogP contribution in [0.25, 0.3) is 0 Å². The number of hydrogen-bond donors (Lipinski definition) is 1. The third-order valence-electron chi connectivity index (χ3n) is 11.3. The topological polar surface area (TPSA) is 140 Å². The summed E-state index contributed by atoms with van der Waals surface area (Å²) in [7, 11) is 0. The van der Waals surface area contributed by atoms with Crippen molar-refractivity contribution in [3.05, 3.63) is 63.7 Å². The summed E-state index contributed by atoms with van der Waals surface area (Å²) in [5.74, 6) is -5.06. The number of nitrogens with zero attached hydrogens (tertiary/aromatic N) is 6. The normalized spacial score (nSPS) is 23.2. The fourth-order valence-corrected chi connectivity index (χ4v) is 8.31. The van der Waals surface area contributed by atoms with Crippen molar-refractivity contribution in [1.82, 2.24) is 20.0 Å². The molecular formula is C36H43F2N7O6. The quantitative estimate of drug-likeness (QED) is 0.235. The Balaban J connectivity index is 0.845. The minimum Gasteiger partial charge on any atom is -0.371 e. The third-order valence-corrected chi connectivity index (χ3v) is 11.3. The third kappa shape index (κ3) is 7.31. The van der Waals surface area contributed by atoms with Crippen molar-refractivity contribution in [2.75, 3.05) is 75.2 Å². The molecule has 1 unspecified atom stereocenters. The summed E-state index contributed by atoms with van der Waals surface area (Å²) in [6.07, 6.45) is 2.97. The molecule has 0 bridgehead atoms. The summed E-state index contributed by atoms with van der Waals surface area (Å²) >= 11 is 0. The highest BCUT2D eigenvalue weighted by molar-refractivity contribution is 6.23. The maximum absolute atomic E-state index is 15.5. The number of fused-ring (bicyclic) bond motifs is 1. The molecule has 5 aliphatic rings. The number of piperidine rings is 3. The van der Waals surface area contributed by atoms with E-state index in [0.29, 0.717) is 58.0 Å². The van der Waals surface area contributed by atoms with Crippen LogP contribution in [0.1, 0.15) is 59.2 Å². The van der Waals surface area contributed by atoms with Gasteiger partial charge in [0.1, 0.15) is 6.04 Å². The van der Waals surface area contributed by atoms with Crippen molar-refractivity contribution >= 4 is 40.7 Å². The van der Waals surface area contributed by atoms with Crippen molar-refractivity contribution in [2.45, 2.75) is 50.5 Å². The fraction of sp³-hybridized carbons (Fsp3) is 0.556. The number of benzene rings is 2. The second-order valence-electron chi connectivity index (χ2n) is 14.5. The molecule has 4 amide bonds. The molecule has 0 radical (unpaired) electrons. The molecule has 13 nitrogen and oxygen atoms in total. The van der Waals surface area contributed by atoms with Crippen LogP contribution in [0.4, 0.5) is 25.8 Å². The van der Waals surface area contributed by atoms with Gasteiger partial charge in [-0.05, 0) is 81.4 Å². The first-order valence-corrected chi connectivity index (χ1v) is 17.9. The molecule has 7 rings (SSSR count). The number of imide groups is 2. The number of nitrogens with one attached hydrogen (secondary N) is 1. The Bertz CT molecular complexity index is 1680. The second kappa shape index (κ2) is 14.3. The Morgan fingerprint density at radius 3 is 2.02 bits per heavy atom. The van der Waals surface area contributed by atoms with Crippen LogP contribution in [0.3, 0.4) is 0 Å². The first-order valence-electron chi connectivity index (χ1n) is 17.9. The molecule has 1 N–H and O–H groups in total. The molecule has 0 saturated carbocycles. The van der Waals surface area contributed by atoms with Gasteiger partial charge in [0, 0.05) is 81.7 Å². The van der Waals surface area contributed by atoms with Crippen LogP contribution >= 0.6 is 0 Å². The highest BCUT2D eigenvalue weighted by Gasteiger charge is 2.45. The van der Waals surface area contributed by atoms with Crippen LogP contribution in [0, 0.1) is 22.0 Å². The van der Waals surface area contributed by atoms with Crippen LogP contribution in [0.15, 0.2) is 42.5 Å². The Kier molecular flexibility index (Phi) is 9.76. The van der Waals surface area contributed by atoms with E-state index in [2.05, 4.69) is 20.0 Å². The number of halogens is 2. The van der Waals surface area contributed by atoms with Crippen molar-refractivity contribution < 1.29 is 32.9 Å². The van der Waals surface area contributed by atoms with Crippen LogP contribution in [-0.4, -0.2) is 121 Å². The maximum Gasteiger partial charge on any atom is 0.269 e. The number of non-ortho nitro benzene ring substituents is 1. The number of alkyl halides is 2. The van der Waals surface area contributed by atoms with E-state index in [1.54, 1.807) is 24.3 Å². The molecule has 2 aromatic carbocycles. The van der Waals surface area contributed by atoms with E-state index in [1.165, 1.54) is 12.1 Å². The Labute approximate surface area is 294 Å². The van der Waals surface area contributed by atoms with Crippen molar-refractivity contribution in [2.24, 2.45) is 11.8 Å². The molecule has 4 saturated heterocycles. The zero-order chi connectivity index (χ0) is 35.9. The van der Waals surface area contributed by atoms with Gasteiger partial charge < -0.3 is 14.7 Å². The Hall–Kier alpha value is -4.50. The number of rotatable bonds is 9. The van der Waals surface area contributed by atoms with Crippen LogP contribution < -0.4 is 15.1 Å². The number of amides is 4. The molecule has 5 aliphatic heterocycles. The fourth-order valence-electron chi connectivity index (χ4n) is 8.31. The first-order chi connectivity index (χ1) is 24.5. The molecule has 0 aliphatic carbocycles. The molecule has 51 heavy (non-hydrogen) atoms. The average molecular weight is 708 g/mol. The van der Waals surface area contributed by atoms with Gasteiger partial charge in [-0.25, -0.2) is 8.78 Å². The zero-order valence-electron chi connectivity index (χ0n) is 28.5. The van der Waals surface area contributed by atoms with Gasteiger partial charge in [-0.3, -0.25) is 44.4 Å². The summed E-state index contributed by atoms with van der Waals surface area (Å²) in [6, 6.07) is 10.6. The summed E-state index contributed by atoms with van der Waals surface area (Å²) in [6.45, 7) is 5.70. The number of hydrogen-bond acceptors (Lipinski definition) is 10. The predicted molar refractivity (Wildman–Crippen MR) is 184 cm³/mol. The number of anilines is 2. The molecule has 0 aromatic heterocycles. The highest BCUT2D eigenvalue weighted by Crippen LogP contribution is 2.36. The molecule has 4 fully saturated rings. The number of nitro groups is 1. The number of piperazine rings is 1. The predicted octanol–water partition coefficient (Wildman–Crippen LogP) is 3.38. The van der Waals surface area contributed by atoms with Gasteiger partial charge in [0.25, 0.3) is 23.4 Å². The SMILES string of the molecule is O=C1CCC(N2C(=O)c3ccc(N4CCC(CN5CCC(C(F)(F)CN6CCN(c7ccc([N+](=O)[O-])cc7)CC6)CC5)CC4)cc3C2=O)C(=O)N1. The lowest BCUT2D eigenvalue weighted by molar-refractivity contribution is -0.384. The van der Waals surface area contributed by atoms with E-state index in [-0.39, 0.29) is 36.2 Å². The van der Waals surface area contributed by atoms with Gasteiger partial charge >= 0.3 is 0 Å². The lowest BCUT2D eigenvalue weighted by Crippen LogP contribution is -2.54. The summed E-state index contributed by atoms with van der Waals surface area (Å²) in [5, 5.41) is 13.2. The monoisotopic (exact) mass is 707 g/mol. The molecule has 15 heteroatoms. The highest BCUT2D eigenvalue weighted by atomic mass is 19.3. The lowest BCUT2D eigenvalue weighted by atomic mass is 9.88. The number of carbonyl (C=O) groups is 4. The molecular weight excluding hydrogens is 664 g/mol. The average Bonchev–Trinajstić information content (AvgIpc) is 3.37. The summed E-state index contributed by atoms with van der Waals surface area (Å²) < 4.78 is 31.0. The summed E-state index contributed by atoms with van der Waals surface area (Å²) in [5.41, 5.74) is 2.27. The Morgan fingerprint density at radius 2 is 1.37 bits per heavy atom. The first kappa shape index (κ1) is 34.9. The van der Waals surface area contributed by atoms with Crippen LogP contribution in [0.2, 0.25) is 0 Å². The van der Waals surface area contributed by atoms with Crippen molar-refractivity contribution in [3.63, 3.8) is 0 Å². The van der Waals surface area contributed by atoms with Gasteiger partial charge in [0.2, 0.25) is 11.8 Å². The molecule has 0 spiro atoms. The van der Waals surface area contributed by atoms with Gasteiger partial charge in [-0.1, -0.05) is 0 Å². The van der Waals surface area contributed by atoms with E-state index in [0.717, 1.165) is 48.8 Å². The molecule has 2 aromatic rings.